The lowest BCUT2D eigenvalue weighted by atomic mass is 10.2. The van der Waals surface area contributed by atoms with E-state index >= 15 is 0 Å². The van der Waals surface area contributed by atoms with Gasteiger partial charge in [0.15, 0.2) is 5.16 Å². The molecule has 0 aliphatic rings. The first-order valence-electron chi connectivity index (χ1n) is 8.99. The summed E-state index contributed by atoms with van der Waals surface area (Å²) in [6, 6.07) is 15.9. The largest absolute Gasteiger partial charge is 0.383 e. The van der Waals surface area contributed by atoms with Crippen LogP contribution in [0.15, 0.2) is 58.5 Å². The number of para-hydroxylation sites is 1. The van der Waals surface area contributed by atoms with Gasteiger partial charge in [-0.3, -0.25) is 14.2 Å². The Morgan fingerprint density at radius 2 is 2.10 bits per heavy atom. The van der Waals surface area contributed by atoms with Crippen molar-refractivity contribution in [2.45, 2.75) is 23.9 Å². The molecule has 0 aliphatic carbocycles. The van der Waals surface area contributed by atoms with E-state index < -0.39 is 5.25 Å². The molecule has 2 aromatic carbocycles. The number of nitrogens with one attached hydrogen (secondary N) is 1. The molecule has 0 saturated heterocycles. The van der Waals surface area contributed by atoms with Crippen LogP contribution in [-0.4, -0.2) is 34.4 Å². The van der Waals surface area contributed by atoms with E-state index in [4.69, 9.17) is 10.00 Å². The summed E-state index contributed by atoms with van der Waals surface area (Å²) in [4.78, 5) is 30.1. The van der Waals surface area contributed by atoms with Crippen LogP contribution in [0, 0.1) is 11.3 Å². The summed E-state index contributed by atoms with van der Waals surface area (Å²) in [6.07, 6.45) is 0. The van der Waals surface area contributed by atoms with Gasteiger partial charge in [-0.05, 0) is 37.3 Å². The van der Waals surface area contributed by atoms with Gasteiger partial charge in [0.25, 0.3) is 5.56 Å². The number of carbonyl (C=O) groups excluding carboxylic acids is 1. The third-order valence-electron chi connectivity index (χ3n) is 4.26. The molecule has 7 nitrogen and oxygen atoms in total. The minimum atomic E-state index is -0.511. The molecule has 0 saturated carbocycles. The average Bonchev–Trinajstić information content (AvgIpc) is 2.73. The lowest BCUT2D eigenvalue weighted by Crippen LogP contribution is -2.28. The first kappa shape index (κ1) is 20.6. The first-order valence-corrected chi connectivity index (χ1v) is 9.87. The Balaban J connectivity index is 1.86. The van der Waals surface area contributed by atoms with Crippen LogP contribution in [0.2, 0.25) is 0 Å². The topological polar surface area (TPSA) is 97.0 Å². The molecule has 0 spiro atoms. The minimum absolute atomic E-state index is 0.163. The summed E-state index contributed by atoms with van der Waals surface area (Å²) < 4.78 is 6.66. The average molecular weight is 408 g/mol. The number of methoxy groups -OCH3 is 1. The molecule has 3 rings (SSSR count). The van der Waals surface area contributed by atoms with Crippen molar-refractivity contribution < 1.29 is 9.53 Å². The lowest BCUT2D eigenvalue weighted by molar-refractivity contribution is -0.115. The number of carbonyl (C=O) groups is 1. The smallest absolute Gasteiger partial charge is 0.262 e. The number of nitriles is 1. The summed E-state index contributed by atoms with van der Waals surface area (Å²) in [5.74, 6) is -0.245. The van der Waals surface area contributed by atoms with Crippen LogP contribution < -0.4 is 10.9 Å². The molecule has 8 heteroatoms. The molecule has 3 aromatic rings. The summed E-state index contributed by atoms with van der Waals surface area (Å²) in [5, 5.41) is 12.3. The van der Waals surface area contributed by atoms with Crippen molar-refractivity contribution in [2.24, 2.45) is 0 Å². The summed E-state index contributed by atoms with van der Waals surface area (Å²) in [6.45, 7) is 2.44. The van der Waals surface area contributed by atoms with Crippen LogP contribution in [-0.2, 0) is 16.1 Å². The second kappa shape index (κ2) is 9.37. The zero-order valence-corrected chi connectivity index (χ0v) is 16.9. The normalized spacial score (nSPS) is 11.8. The fourth-order valence-corrected chi connectivity index (χ4v) is 3.67. The molecule has 0 radical (unpaired) electrons. The SMILES string of the molecule is COCCn1c(S[C@@H](C)C(=O)Nc2cccc(C#N)c2)nc2ccccc2c1=O. The number of hydrogen-bond donors (Lipinski definition) is 1. The fraction of sp³-hybridized carbons (Fsp3) is 0.238. The van der Waals surface area contributed by atoms with E-state index in [0.717, 1.165) is 0 Å². The molecule has 0 unspecified atom stereocenters. The summed E-state index contributed by atoms with van der Waals surface area (Å²) in [5.41, 5.74) is 1.44. The molecular formula is C21H20N4O3S. The van der Waals surface area contributed by atoms with Gasteiger partial charge in [-0.25, -0.2) is 4.98 Å². The highest BCUT2D eigenvalue weighted by atomic mass is 32.2. The molecule has 1 N–H and O–H groups in total. The van der Waals surface area contributed by atoms with Crippen molar-refractivity contribution in [3.8, 4) is 6.07 Å². The van der Waals surface area contributed by atoms with Gasteiger partial charge in [0.05, 0.1) is 40.9 Å². The molecule has 1 aromatic heterocycles. The van der Waals surface area contributed by atoms with Gasteiger partial charge in [-0.2, -0.15) is 5.26 Å². The molecule has 0 fully saturated rings. The van der Waals surface area contributed by atoms with Gasteiger partial charge in [-0.15, -0.1) is 0 Å². The van der Waals surface area contributed by atoms with Gasteiger partial charge >= 0.3 is 0 Å². The van der Waals surface area contributed by atoms with E-state index in [0.29, 0.717) is 40.5 Å². The standard InChI is InChI=1S/C21H20N4O3S/c1-14(19(26)23-16-7-5-6-15(12-16)13-22)29-21-24-18-9-4-3-8-17(18)20(27)25(21)10-11-28-2/h3-9,12,14H,10-11H2,1-2H3,(H,23,26)/t14-/m0/s1. The van der Waals surface area contributed by atoms with Crippen LogP contribution in [0.5, 0.6) is 0 Å². The molecule has 1 amide bonds. The van der Waals surface area contributed by atoms with Crippen molar-refractivity contribution in [2.75, 3.05) is 19.0 Å². The Hall–Kier alpha value is -3.15. The Morgan fingerprint density at radius 1 is 1.31 bits per heavy atom. The van der Waals surface area contributed by atoms with E-state index in [2.05, 4.69) is 10.3 Å². The number of amides is 1. The second-order valence-corrected chi connectivity index (χ2v) is 7.61. The number of aromatic nitrogens is 2. The molecule has 29 heavy (non-hydrogen) atoms. The van der Waals surface area contributed by atoms with Crippen LogP contribution in [0.4, 0.5) is 5.69 Å². The van der Waals surface area contributed by atoms with Crippen LogP contribution >= 0.6 is 11.8 Å². The zero-order valence-electron chi connectivity index (χ0n) is 16.1. The maximum atomic E-state index is 12.9. The Morgan fingerprint density at radius 3 is 2.86 bits per heavy atom. The highest BCUT2D eigenvalue weighted by Crippen LogP contribution is 2.24. The summed E-state index contributed by atoms with van der Waals surface area (Å²) in [7, 11) is 1.57. The van der Waals surface area contributed by atoms with Crippen molar-refractivity contribution in [1.29, 1.82) is 5.26 Å². The van der Waals surface area contributed by atoms with Gasteiger partial charge in [0, 0.05) is 12.8 Å². The Bertz CT molecular complexity index is 1140. The van der Waals surface area contributed by atoms with E-state index in [1.54, 1.807) is 56.5 Å². The zero-order chi connectivity index (χ0) is 20.8. The number of benzene rings is 2. The van der Waals surface area contributed by atoms with Crippen LogP contribution in [0.3, 0.4) is 0 Å². The number of anilines is 1. The van der Waals surface area contributed by atoms with Crippen LogP contribution in [0.1, 0.15) is 12.5 Å². The number of ether oxygens (including phenoxy) is 1. The number of fused-ring (bicyclic) bond motifs is 1. The lowest BCUT2D eigenvalue weighted by Gasteiger charge is -2.16. The Labute approximate surface area is 172 Å². The van der Waals surface area contributed by atoms with Gasteiger partial charge < -0.3 is 10.1 Å². The number of thioether (sulfide) groups is 1. The van der Waals surface area contributed by atoms with Crippen molar-refractivity contribution in [3.63, 3.8) is 0 Å². The van der Waals surface area contributed by atoms with E-state index in [-0.39, 0.29) is 11.5 Å². The first-order chi connectivity index (χ1) is 14.0. The maximum absolute atomic E-state index is 12.9. The van der Waals surface area contributed by atoms with Crippen LogP contribution in [0.25, 0.3) is 10.9 Å². The highest BCUT2D eigenvalue weighted by molar-refractivity contribution is 8.00. The van der Waals surface area contributed by atoms with Crippen molar-refractivity contribution >= 4 is 34.3 Å². The molecule has 1 atom stereocenters. The van der Waals surface area contributed by atoms with Gasteiger partial charge in [-0.1, -0.05) is 30.0 Å². The second-order valence-electron chi connectivity index (χ2n) is 6.30. The van der Waals surface area contributed by atoms with E-state index in [9.17, 15) is 9.59 Å². The van der Waals surface area contributed by atoms with E-state index in [1.807, 2.05) is 12.1 Å². The Kier molecular flexibility index (Phi) is 6.65. The number of hydrogen-bond acceptors (Lipinski definition) is 6. The molecule has 148 valence electrons. The monoisotopic (exact) mass is 408 g/mol. The molecule has 0 bridgehead atoms. The third kappa shape index (κ3) is 4.83. The minimum Gasteiger partial charge on any atom is -0.383 e. The quantitative estimate of drug-likeness (QED) is 0.477. The van der Waals surface area contributed by atoms with Crippen molar-refractivity contribution in [3.05, 3.63) is 64.4 Å². The maximum Gasteiger partial charge on any atom is 0.262 e. The number of nitrogens with zero attached hydrogens (tertiary/aromatic N) is 3. The van der Waals surface area contributed by atoms with E-state index in [1.165, 1.54) is 16.3 Å². The van der Waals surface area contributed by atoms with Gasteiger partial charge in [0.2, 0.25) is 5.91 Å². The summed E-state index contributed by atoms with van der Waals surface area (Å²) >= 11 is 1.21. The number of rotatable bonds is 7. The molecule has 1 heterocycles. The predicted molar refractivity (Wildman–Crippen MR) is 113 cm³/mol. The molecule has 0 aliphatic heterocycles. The highest BCUT2D eigenvalue weighted by Gasteiger charge is 2.19. The fourth-order valence-electron chi connectivity index (χ4n) is 2.74. The molecular weight excluding hydrogens is 388 g/mol. The third-order valence-corrected chi connectivity index (χ3v) is 5.35. The predicted octanol–water partition coefficient (Wildman–Crippen LogP) is 3.03. The van der Waals surface area contributed by atoms with Gasteiger partial charge in [0.1, 0.15) is 0 Å². The van der Waals surface area contributed by atoms with Crippen molar-refractivity contribution in [1.82, 2.24) is 9.55 Å².